The van der Waals surface area contributed by atoms with Gasteiger partial charge in [0.15, 0.2) is 0 Å². The number of rotatable bonds is 2. The number of phenols is 1. The second-order valence-electron chi connectivity index (χ2n) is 2.89. The number of aliphatic hydroxyl groups excluding tert-OH is 1. The molecule has 0 aliphatic carbocycles. The molecule has 0 bridgehead atoms. The maximum atomic E-state index is 10.7. The standard InChI is InChI=1S/C8H7Br2NO4/c1-3(12)6-5(11(14)15)2-4(9)8(13)7(6)10/h2-3,12-13H,1H3. The molecular formula is C8H7Br2NO4. The smallest absolute Gasteiger partial charge is 0.277 e. The molecule has 15 heavy (non-hydrogen) atoms. The van der Waals surface area contributed by atoms with E-state index in [4.69, 9.17) is 0 Å². The lowest BCUT2D eigenvalue weighted by Gasteiger charge is -2.10. The Morgan fingerprint density at radius 1 is 1.53 bits per heavy atom. The first kappa shape index (κ1) is 12.4. The lowest BCUT2D eigenvalue weighted by Crippen LogP contribution is -2.01. The van der Waals surface area contributed by atoms with E-state index in [2.05, 4.69) is 31.9 Å². The van der Waals surface area contributed by atoms with Gasteiger partial charge in [0.25, 0.3) is 5.69 Å². The van der Waals surface area contributed by atoms with Crippen LogP contribution in [-0.4, -0.2) is 15.1 Å². The summed E-state index contributed by atoms with van der Waals surface area (Å²) in [5, 5.41) is 29.6. The van der Waals surface area contributed by atoms with Crippen molar-refractivity contribution in [1.29, 1.82) is 0 Å². The zero-order valence-electron chi connectivity index (χ0n) is 7.57. The van der Waals surface area contributed by atoms with Gasteiger partial charge in [-0.2, -0.15) is 0 Å². The molecule has 0 saturated carbocycles. The van der Waals surface area contributed by atoms with Crippen LogP contribution < -0.4 is 0 Å². The molecule has 1 aromatic carbocycles. The van der Waals surface area contributed by atoms with Crippen LogP contribution in [0.1, 0.15) is 18.6 Å². The van der Waals surface area contributed by atoms with E-state index in [0.717, 1.165) is 6.07 Å². The third-order valence-corrected chi connectivity index (χ3v) is 3.23. The van der Waals surface area contributed by atoms with Crippen LogP contribution in [-0.2, 0) is 0 Å². The highest BCUT2D eigenvalue weighted by atomic mass is 79.9. The van der Waals surface area contributed by atoms with Crippen molar-refractivity contribution in [2.75, 3.05) is 0 Å². The fourth-order valence-electron chi connectivity index (χ4n) is 1.16. The van der Waals surface area contributed by atoms with Gasteiger partial charge in [0, 0.05) is 6.07 Å². The van der Waals surface area contributed by atoms with E-state index < -0.39 is 11.0 Å². The third-order valence-electron chi connectivity index (χ3n) is 1.82. The van der Waals surface area contributed by atoms with Gasteiger partial charge in [-0.15, -0.1) is 0 Å². The Labute approximate surface area is 102 Å². The number of benzene rings is 1. The molecule has 0 saturated heterocycles. The Hall–Kier alpha value is -0.660. The summed E-state index contributed by atoms with van der Waals surface area (Å²) in [6.45, 7) is 1.39. The Kier molecular flexibility index (Phi) is 3.69. The minimum absolute atomic E-state index is 0.0562. The predicted octanol–water partition coefficient (Wildman–Crippen LogP) is 2.88. The second kappa shape index (κ2) is 4.46. The summed E-state index contributed by atoms with van der Waals surface area (Å²) in [5.41, 5.74) is -0.192. The monoisotopic (exact) mass is 339 g/mol. The van der Waals surface area contributed by atoms with Crippen molar-refractivity contribution in [1.82, 2.24) is 0 Å². The quantitative estimate of drug-likeness (QED) is 0.640. The maximum absolute atomic E-state index is 10.7. The molecule has 0 aromatic heterocycles. The van der Waals surface area contributed by atoms with E-state index in [1.54, 1.807) is 0 Å². The number of nitro benzene ring substituents is 1. The fraction of sp³-hybridized carbons (Fsp3) is 0.250. The third kappa shape index (κ3) is 2.30. The topological polar surface area (TPSA) is 83.6 Å². The Bertz CT molecular complexity index is 420. The van der Waals surface area contributed by atoms with E-state index in [9.17, 15) is 20.3 Å². The molecule has 0 fully saturated rings. The van der Waals surface area contributed by atoms with Crippen molar-refractivity contribution >= 4 is 37.5 Å². The Morgan fingerprint density at radius 2 is 2.07 bits per heavy atom. The highest BCUT2D eigenvalue weighted by Crippen LogP contribution is 2.42. The van der Waals surface area contributed by atoms with Crippen LogP contribution in [0.2, 0.25) is 0 Å². The van der Waals surface area contributed by atoms with Crippen molar-refractivity contribution in [2.24, 2.45) is 0 Å². The highest BCUT2D eigenvalue weighted by molar-refractivity contribution is 9.11. The predicted molar refractivity (Wildman–Crippen MR) is 60.8 cm³/mol. The minimum Gasteiger partial charge on any atom is -0.506 e. The lowest BCUT2D eigenvalue weighted by atomic mass is 10.1. The van der Waals surface area contributed by atoms with Crippen LogP contribution in [0.3, 0.4) is 0 Å². The van der Waals surface area contributed by atoms with Crippen molar-refractivity contribution in [2.45, 2.75) is 13.0 Å². The molecule has 0 spiro atoms. The van der Waals surface area contributed by atoms with Gasteiger partial charge in [0.05, 0.1) is 25.5 Å². The number of hydrogen-bond acceptors (Lipinski definition) is 4. The van der Waals surface area contributed by atoms with Gasteiger partial charge in [-0.05, 0) is 38.8 Å². The molecule has 1 unspecified atom stereocenters. The van der Waals surface area contributed by atoms with Crippen LogP contribution in [0, 0.1) is 10.1 Å². The van der Waals surface area contributed by atoms with E-state index in [0.29, 0.717) is 0 Å². The van der Waals surface area contributed by atoms with Gasteiger partial charge in [-0.3, -0.25) is 10.1 Å². The maximum Gasteiger partial charge on any atom is 0.277 e. The van der Waals surface area contributed by atoms with E-state index >= 15 is 0 Å². The highest BCUT2D eigenvalue weighted by Gasteiger charge is 2.25. The van der Waals surface area contributed by atoms with Crippen LogP contribution in [0.4, 0.5) is 5.69 Å². The number of nitrogens with zero attached hydrogens (tertiary/aromatic N) is 1. The molecule has 1 aromatic rings. The molecule has 0 aliphatic rings. The van der Waals surface area contributed by atoms with E-state index in [1.165, 1.54) is 6.92 Å². The first-order valence-electron chi connectivity index (χ1n) is 3.89. The molecule has 1 rings (SSSR count). The minimum atomic E-state index is -1.04. The number of nitro groups is 1. The van der Waals surface area contributed by atoms with Crippen molar-refractivity contribution in [3.8, 4) is 5.75 Å². The summed E-state index contributed by atoms with van der Waals surface area (Å²) in [4.78, 5) is 10.1. The molecule has 0 amide bonds. The molecule has 0 heterocycles. The number of halogens is 2. The first-order valence-corrected chi connectivity index (χ1v) is 5.48. The summed E-state index contributed by atoms with van der Waals surface area (Å²) in [6.07, 6.45) is -1.04. The fourth-order valence-corrected chi connectivity index (χ4v) is 2.59. The van der Waals surface area contributed by atoms with Gasteiger partial charge in [0.2, 0.25) is 0 Å². The molecule has 0 aliphatic heterocycles. The van der Waals surface area contributed by atoms with Crippen LogP contribution >= 0.6 is 31.9 Å². The molecule has 1 atom stereocenters. The number of aliphatic hydroxyl groups is 1. The summed E-state index contributed by atoms with van der Waals surface area (Å²) in [5.74, 6) is -0.170. The van der Waals surface area contributed by atoms with Crippen molar-refractivity contribution in [3.05, 3.63) is 30.7 Å². The number of aromatic hydroxyl groups is 1. The Balaban J connectivity index is 3.58. The number of hydrogen-bond donors (Lipinski definition) is 2. The molecule has 0 radical (unpaired) electrons. The normalized spacial score (nSPS) is 12.5. The summed E-state index contributed by atoms with van der Waals surface area (Å²) in [6, 6.07) is 1.15. The molecule has 7 heteroatoms. The van der Waals surface area contributed by atoms with Crippen LogP contribution in [0.5, 0.6) is 5.75 Å². The van der Waals surface area contributed by atoms with Crippen molar-refractivity contribution < 1.29 is 15.1 Å². The second-order valence-corrected chi connectivity index (χ2v) is 4.53. The van der Waals surface area contributed by atoms with Crippen LogP contribution in [0.15, 0.2) is 15.0 Å². The van der Waals surface area contributed by atoms with E-state index in [-0.39, 0.29) is 25.9 Å². The molecule has 2 N–H and O–H groups in total. The SMILES string of the molecule is CC(O)c1c([N+](=O)[O-])cc(Br)c(O)c1Br. The number of phenolic OH excluding ortho intramolecular Hbond substituents is 1. The largest absolute Gasteiger partial charge is 0.506 e. The summed E-state index contributed by atoms with van der Waals surface area (Å²) < 4.78 is 0.323. The van der Waals surface area contributed by atoms with Gasteiger partial charge < -0.3 is 10.2 Å². The average molecular weight is 341 g/mol. The Morgan fingerprint density at radius 3 is 2.47 bits per heavy atom. The van der Waals surface area contributed by atoms with E-state index in [1.807, 2.05) is 0 Å². The lowest BCUT2D eigenvalue weighted by molar-refractivity contribution is -0.386. The van der Waals surface area contributed by atoms with Gasteiger partial charge in [-0.25, -0.2) is 0 Å². The van der Waals surface area contributed by atoms with Gasteiger partial charge in [-0.1, -0.05) is 0 Å². The summed E-state index contributed by atoms with van der Waals surface area (Å²) in [7, 11) is 0. The van der Waals surface area contributed by atoms with Crippen LogP contribution in [0.25, 0.3) is 0 Å². The summed E-state index contributed by atoms with van der Waals surface area (Å²) >= 11 is 5.99. The first-order chi connectivity index (χ1) is 6.86. The zero-order valence-corrected chi connectivity index (χ0v) is 10.7. The van der Waals surface area contributed by atoms with Crippen molar-refractivity contribution in [3.63, 3.8) is 0 Å². The average Bonchev–Trinajstić information content (AvgIpc) is 2.12. The molecular weight excluding hydrogens is 334 g/mol. The van der Waals surface area contributed by atoms with Gasteiger partial charge >= 0.3 is 0 Å². The zero-order chi connectivity index (χ0) is 11.7. The molecule has 82 valence electrons. The molecule has 5 nitrogen and oxygen atoms in total. The van der Waals surface area contributed by atoms with Gasteiger partial charge in [0.1, 0.15) is 5.75 Å².